The summed E-state index contributed by atoms with van der Waals surface area (Å²) >= 11 is 0. The smallest absolute Gasteiger partial charge is 0.213 e. The number of pyridine rings is 1. The van der Waals surface area contributed by atoms with Crippen LogP contribution in [-0.4, -0.2) is 38.9 Å². The zero-order valence-corrected chi connectivity index (χ0v) is 17.5. The number of hydrogen-bond acceptors (Lipinski definition) is 5. The molecule has 2 aromatic rings. The van der Waals surface area contributed by atoms with Crippen LogP contribution < -0.4 is 15.4 Å². The average molecular weight is 471 g/mol. The quantitative estimate of drug-likeness (QED) is 0.347. The highest BCUT2D eigenvalue weighted by Gasteiger charge is 2.21. The summed E-state index contributed by atoms with van der Waals surface area (Å²) in [6, 6.07) is 3.91. The number of hydrogen-bond donors (Lipinski definition) is 2. The van der Waals surface area contributed by atoms with Gasteiger partial charge in [0.05, 0.1) is 19.7 Å². The molecule has 26 heavy (non-hydrogen) atoms. The zero-order valence-electron chi connectivity index (χ0n) is 15.2. The molecule has 2 aromatic heterocycles. The first-order valence-electron chi connectivity index (χ1n) is 8.67. The van der Waals surface area contributed by atoms with Gasteiger partial charge in [0, 0.05) is 25.9 Å². The lowest BCUT2D eigenvalue weighted by molar-refractivity contribution is 0.288. The fourth-order valence-electron chi connectivity index (χ4n) is 2.23. The average Bonchev–Trinajstić information content (AvgIpc) is 3.37. The summed E-state index contributed by atoms with van der Waals surface area (Å²) in [6.07, 6.45) is 5.92. The van der Waals surface area contributed by atoms with E-state index in [1.165, 1.54) is 12.8 Å². The van der Waals surface area contributed by atoms with Crippen LogP contribution in [0.4, 0.5) is 0 Å². The minimum Gasteiger partial charge on any atom is -0.477 e. The summed E-state index contributed by atoms with van der Waals surface area (Å²) in [5.74, 6) is 3.00. The molecule has 1 fully saturated rings. The Morgan fingerprint density at radius 3 is 2.77 bits per heavy atom. The third-order valence-corrected chi connectivity index (χ3v) is 3.94. The van der Waals surface area contributed by atoms with Gasteiger partial charge in [-0.15, -0.1) is 24.0 Å². The van der Waals surface area contributed by atoms with Crippen LogP contribution in [0.2, 0.25) is 0 Å². The van der Waals surface area contributed by atoms with Crippen molar-refractivity contribution in [3.8, 4) is 5.88 Å². The maximum atomic E-state index is 5.65. The van der Waals surface area contributed by atoms with Gasteiger partial charge in [-0.2, -0.15) is 5.10 Å². The number of halogens is 1. The molecule has 3 rings (SSSR count). The predicted octanol–water partition coefficient (Wildman–Crippen LogP) is 1.87. The van der Waals surface area contributed by atoms with Crippen molar-refractivity contribution in [1.29, 1.82) is 0 Å². The molecule has 1 aliphatic rings. The van der Waals surface area contributed by atoms with E-state index >= 15 is 0 Å². The van der Waals surface area contributed by atoms with Crippen molar-refractivity contribution < 1.29 is 4.74 Å². The molecule has 0 saturated heterocycles. The van der Waals surface area contributed by atoms with Crippen LogP contribution in [0.3, 0.4) is 0 Å². The van der Waals surface area contributed by atoms with E-state index in [4.69, 9.17) is 4.74 Å². The van der Waals surface area contributed by atoms with Gasteiger partial charge in [0.15, 0.2) is 5.96 Å². The molecular formula is C17H26IN7O. The molecule has 1 saturated carbocycles. The van der Waals surface area contributed by atoms with Crippen molar-refractivity contribution in [2.24, 2.45) is 18.0 Å². The van der Waals surface area contributed by atoms with Crippen LogP contribution in [0.1, 0.15) is 31.2 Å². The second-order valence-corrected chi connectivity index (χ2v) is 6.11. The lowest BCUT2D eigenvalue weighted by Gasteiger charge is -2.11. The van der Waals surface area contributed by atoms with E-state index in [0.717, 1.165) is 36.4 Å². The third kappa shape index (κ3) is 6.43. The van der Waals surface area contributed by atoms with Crippen molar-refractivity contribution in [3.05, 3.63) is 36.0 Å². The molecule has 0 bridgehead atoms. The van der Waals surface area contributed by atoms with E-state index in [-0.39, 0.29) is 24.0 Å². The third-order valence-electron chi connectivity index (χ3n) is 3.94. The molecule has 0 spiro atoms. The Hall–Kier alpha value is -1.91. The number of nitrogens with zero attached hydrogens (tertiary/aromatic N) is 5. The molecule has 0 atom stereocenters. The first-order valence-corrected chi connectivity index (χ1v) is 8.67. The van der Waals surface area contributed by atoms with Gasteiger partial charge in [-0.25, -0.2) is 15.0 Å². The summed E-state index contributed by atoms with van der Waals surface area (Å²) < 4.78 is 7.39. The Bertz CT molecular complexity index is 697. The fraction of sp³-hybridized carbons (Fsp3) is 0.529. The van der Waals surface area contributed by atoms with Gasteiger partial charge < -0.3 is 15.4 Å². The first-order chi connectivity index (χ1) is 12.2. The number of ether oxygens (including phenoxy) is 1. The maximum absolute atomic E-state index is 5.65. The zero-order chi connectivity index (χ0) is 17.5. The van der Waals surface area contributed by atoms with Crippen molar-refractivity contribution in [2.45, 2.75) is 32.9 Å². The molecule has 1 aliphatic carbocycles. The Balaban J connectivity index is 0.00000243. The molecule has 8 nitrogen and oxygen atoms in total. The summed E-state index contributed by atoms with van der Waals surface area (Å²) in [5, 5.41) is 10.5. The predicted molar refractivity (Wildman–Crippen MR) is 111 cm³/mol. The molecule has 0 unspecified atom stereocenters. The summed E-state index contributed by atoms with van der Waals surface area (Å²) in [5.41, 5.74) is 1.04. The van der Waals surface area contributed by atoms with Crippen LogP contribution in [0.15, 0.2) is 29.6 Å². The normalized spacial score (nSPS) is 13.8. The summed E-state index contributed by atoms with van der Waals surface area (Å²) in [7, 11) is 1.87. The van der Waals surface area contributed by atoms with Crippen LogP contribution in [0.25, 0.3) is 0 Å². The van der Waals surface area contributed by atoms with Gasteiger partial charge in [0.1, 0.15) is 12.2 Å². The Kier molecular flexibility index (Phi) is 8.07. The highest BCUT2D eigenvalue weighted by Crippen LogP contribution is 2.29. The van der Waals surface area contributed by atoms with Crippen LogP contribution >= 0.6 is 24.0 Å². The van der Waals surface area contributed by atoms with Gasteiger partial charge >= 0.3 is 0 Å². The minimum atomic E-state index is 0. The van der Waals surface area contributed by atoms with E-state index < -0.39 is 0 Å². The Morgan fingerprint density at radius 1 is 1.31 bits per heavy atom. The molecule has 142 valence electrons. The van der Waals surface area contributed by atoms with Crippen molar-refractivity contribution in [1.82, 2.24) is 30.4 Å². The lowest BCUT2D eigenvalue weighted by Crippen LogP contribution is -2.37. The molecule has 0 aromatic carbocycles. The summed E-state index contributed by atoms with van der Waals surface area (Å²) in [6.45, 7) is 4.71. The van der Waals surface area contributed by atoms with E-state index in [0.29, 0.717) is 19.0 Å². The number of nitrogens with one attached hydrogen (secondary N) is 2. The fourth-order valence-corrected chi connectivity index (χ4v) is 2.23. The van der Waals surface area contributed by atoms with Crippen LogP contribution in [-0.2, 0) is 20.1 Å². The van der Waals surface area contributed by atoms with E-state index in [1.54, 1.807) is 11.0 Å². The maximum Gasteiger partial charge on any atom is 0.213 e. The van der Waals surface area contributed by atoms with Crippen molar-refractivity contribution in [2.75, 3.05) is 13.2 Å². The standard InChI is InChI=1S/C17H25N7O.HI/c1-3-18-17(21-10-15-22-12-23-24(15)2)20-9-14-6-7-16(19-8-14)25-11-13-4-5-13;/h6-8,12-13H,3-5,9-11H2,1-2H3,(H2,18,20,21);1H. The molecule has 0 aliphatic heterocycles. The van der Waals surface area contributed by atoms with Gasteiger partial charge in [-0.1, -0.05) is 6.07 Å². The Labute approximate surface area is 170 Å². The topological polar surface area (TPSA) is 89.2 Å². The highest BCUT2D eigenvalue weighted by atomic mass is 127. The number of aromatic nitrogens is 4. The number of rotatable bonds is 8. The number of aliphatic imine (C=N–C) groups is 1. The minimum absolute atomic E-state index is 0. The van der Waals surface area contributed by atoms with E-state index in [9.17, 15) is 0 Å². The van der Waals surface area contributed by atoms with Crippen LogP contribution in [0.5, 0.6) is 5.88 Å². The highest BCUT2D eigenvalue weighted by molar-refractivity contribution is 14.0. The molecule has 0 amide bonds. The van der Waals surface area contributed by atoms with Gasteiger partial charge in [0.2, 0.25) is 5.88 Å². The molecule has 9 heteroatoms. The second-order valence-electron chi connectivity index (χ2n) is 6.11. The first kappa shape index (κ1) is 20.4. The molecule has 2 N–H and O–H groups in total. The summed E-state index contributed by atoms with van der Waals surface area (Å²) in [4.78, 5) is 13.1. The van der Waals surface area contributed by atoms with E-state index in [2.05, 4.69) is 30.7 Å². The monoisotopic (exact) mass is 471 g/mol. The largest absolute Gasteiger partial charge is 0.477 e. The SMILES string of the molecule is CCNC(=NCc1ccc(OCC2CC2)nc1)NCc1ncnn1C.I. The number of guanidine groups is 1. The second kappa shape index (κ2) is 10.3. The van der Waals surface area contributed by atoms with E-state index in [1.807, 2.05) is 32.3 Å². The molecule has 0 radical (unpaired) electrons. The Morgan fingerprint density at radius 2 is 2.15 bits per heavy atom. The van der Waals surface area contributed by atoms with Crippen molar-refractivity contribution >= 4 is 29.9 Å². The molecule has 2 heterocycles. The molecular weight excluding hydrogens is 445 g/mol. The van der Waals surface area contributed by atoms with Crippen LogP contribution in [0, 0.1) is 5.92 Å². The van der Waals surface area contributed by atoms with Crippen molar-refractivity contribution in [3.63, 3.8) is 0 Å². The van der Waals surface area contributed by atoms with Gasteiger partial charge in [-0.3, -0.25) is 4.68 Å². The number of aryl methyl sites for hydroxylation is 1. The van der Waals surface area contributed by atoms with Gasteiger partial charge in [-0.05, 0) is 31.2 Å². The lowest BCUT2D eigenvalue weighted by atomic mass is 10.3. The van der Waals surface area contributed by atoms with Gasteiger partial charge in [0.25, 0.3) is 0 Å².